The molecular formula is C16H20N2. The van der Waals surface area contributed by atoms with Gasteiger partial charge in [0.05, 0.1) is 0 Å². The Morgan fingerprint density at radius 2 is 2.11 bits per heavy atom. The molecule has 0 spiro atoms. The summed E-state index contributed by atoms with van der Waals surface area (Å²) in [5.41, 5.74) is 1.49. The van der Waals surface area contributed by atoms with Gasteiger partial charge in [0, 0.05) is 23.3 Å². The minimum absolute atomic E-state index is 0.0963. The van der Waals surface area contributed by atoms with Gasteiger partial charge < -0.3 is 5.32 Å². The molecule has 0 aliphatic carbocycles. The van der Waals surface area contributed by atoms with Crippen molar-refractivity contribution in [3.8, 4) is 0 Å². The van der Waals surface area contributed by atoms with Crippen molar-refractivity contribution in [2.45, 2.75) is 38.1 Å². The Labute approximate surface area is 108 Å². The van der Waals surface area contributed by atoms with Crippen LogP contribution in [0.25, 0.3) is 10.8 Å². The molecule has 0 amide bonds. The third kappa shape index (κ3) is 2.01. The number of hydrogen-bond donors (Lipinski definition) is 1. The fourth-order valence-corrected chi connectivity index (χ4v) is 3.06. The highest BCUT2D eigenvalue weighted by atomic mass is 15.0. The Hall–Kier alpha value is -1.41. The summed E-state index contributed by atoms with van der Waals surface area (Å²) in [5, 5.41) is 6.31. The maximum atomic E-state index is 4.30. The van der Waals surface area contributed by atoms with Crippen LogP contribution in [-0.2, 0) is 5.54 Å². The summed E-state index contributed by atoms with van der Waals surface area (Å²) in [6.07, 6.45) is 9.02. The zero-order valence-corrected chi connectivity index (χ0v) is 10.9. The number of rotatable bonds is 1. The number of fused-ring (bicyclic) bond motifs is 1. The van der Waals surface area contributed by atoms with Crippen molar-refractivity contribution in [1.82, 2.24) is 10.3 Å². The third-order valence-corrected chi connectivity index (χ3v) is 4.15. The molecule has 2 nitrogen and oxygen atoms in total. The molecular weight excluding hydrogens is 220 g/mol. The van der Waals surface area contributed by atoms with E-state index >= 15 is 0 Å². The molecule has 1 aromatic heterocycles. The molecule has 0 saturated carbocycles. The van der Waals surface area contributed by atoms with Crippen LogP contribution >= 0.6 is 0 Å². The molecule has 1 N–H and O–H groups in total. The summed E-state index contributed by atoms with van der Waals surface area (Å²) < 4.78 is 0. The third-order valence-electron chi connectivity index (χ3n) is 4.15. The summed E-state index contributed by atoms with van der Waals surface area (Å²) in [5.74, 6) is 0. The monoisotopic (exact) mass is 240 g/mol. The van der Waals surface area contributed by atoms with Crippen molar-refractivity contribution in [3.05, 3.63) is 42.2 Å². The average Bonchev–Trinajstić information content (AvgIpc) is 2.64. The summed E-state index contributed by atoms with van der Waals surface area (Å²) in [7, 11) is 0. The lowest BCUT2D eigenvalue weighted by Gasteiger charge is -2.31. The van der Waals surface area contributed by atoms with Crippen LogP contribution < -0.4 is 5.32 Å². The van der Waals surface area contributed by atoms with E-state index in [1.54, 1.807) is 0 Å². The van der Waals surface area contributed by atoms with Crippen LogP contribution in [0.4, 0.5) is 0 Å². The molecule has 1 unspecified atom stereocenters. The van der Waals surface area contributed by atoms with Crippen LogP contribution in [0.1, 0.15) is 38.2 Å². The van der Waals surface area contributed by atoms with Gasteiger partial charge in [-0.3, -0.25) is 4.98 Å². The number of hydrogen-bond acceptors (Lipinski definition) is 2. The van der Waals surface area contributed by atoms with Crippen LogP contribution in [0.5, 0.6) is 0 Å². The van der Waals surface area contributed by atoms with E-state index in [1.165, 1.54) is 42.0 Å². The highest BCUT2D eigenvalue weighted by molar-refractivity contribution is 5.85. The Kier molecular flexibility index (Phi) is 3.04. The van der Waals surface area contributed by atoms with Crippen LogP contribution in [0, 0.1) is 0 Å². The first-order chi connectivity index (χ1) is 8.80. The van der Waals surface area contributed by atoms with Crippen LogP contribution in [-0.4, -0.2) is 11.5 Å². The Morgan fingerprint density at radius 1 is 1.17 bits per heavy atom. The Morgan fingerprint density at radius 3 is 3.06 bits per heavy atom. The van der Waals surface area contributed by atoms with Gasteiger partial charge in [-0.05, 0) is 43.3 Å². The van der Waals surface area contributed by atoms with E-state index in [9.17, 15) is 0 Å². The molecule has 1 atom stereocenters. The fraction of sp³-hybridized carbons (Fsp3) is 0.438. The highest BCUT2D eigenvalue weighted by Crippen LogP contribution is 2.33. The van der Waals surface area contributed by atoms with Crippen molar-refractivity contribution in [2.75, 3.05) is 6.54 Å². The lowest BCUT2D eigenvalue weighted by Crippen LogP contribution is -2.38. The standard InChI is InChI=1S/C16H20N2/c1-16(9-3-2-4-10-18-16)15-7-5-6-13-8-11-17-12-14(13)15/h5-8,11-12,18H,2-4,9-10H2,1H3. The minimum Gasteiger partial charge on any atom is -0.308 e. The van der Waals surface area contributed by atoms with E-state index < -0.39 is 0 Å². The van der Waals surface area contributed by atoms with Crippen LogP contribution in [0.3, 0.4) is 0 Å². The molecule has 1 saturated heterocycles. The van der Waals surface area contributed by atoms with Gasteiger partial charge in [0.25, 0.3) is 0 Å². The van der Waals surface area contributed by atoms with Gasteiger partial charge in [0.1, 0.15) is 0 Å². The van der Waals surface area contributed by atoms with E-state index in [0.29, 0.717) is 0 Å². The molecule has 94 valence electrons. The lowest BCUT2D eigenvalue weighted by atomic mass is 9.85. The van der Waals surface area contributed by atoms with E-state index in [1.807, 2.05) is 12.4 Å². The molecule has 1 aromatic carbocycles. The first kappa shape index (κ1) is 11.7. The largest absolute Gasteiger partial charge is 0.308 e. The predicted molar refractivity (Wildman–Crippen MR) is 75.6 cm³/mol. The SMILES string of the molecule is CC1(c2cccc3ccncc23)CCCCCN1. The van der Waals surface area contributed by atoms with Crippen molar-refractivity contribution < 1.29 is 0 Å². The molecule has 1 aliphatic heterocycles. The zero-order valence-electron chi connectivity index (χ0n) is 10.9. The van der Waals surface area contributed by atoms with E-state index in [2.05, 4.69) is 41.5 Å². The van der Waals surface area contributed by atoms with Crippen molar-refractivity contribution in [3.63, 3.8) is 0 Å². The minimum atomic E-state index is 0.0963. The second-order valence-electron chi connectivity index (χ2n) is 5.47. The summed E-state index contributed by atoms with van der Waals surface area (Å²) in [4.78, 5) is 4.30. The molecule has 0 radical (unpaired) electrons. The van der Waals surface area contributed by atoms with Crippen molar-refractivity contribution in [2.24, 2.45) is 0 Å². The van der Waals surface area contributed by atoms with Gasteiger partial charge >= 0.3 is 0 Å². The lowest BCUT2D eigenvalue weighted by molar-refractivity contribution is 0.362. The van der Waals surface area contributed by atoms with Gasteiger partial charge in [-0.1, -0.05) is 31.0 Å². The smallest absolute Gasteiger partial charge is 0.0412 e. The maximum absolute atomic E-state index is 4.30. The average molecular weight is 240 g/mol. The zero-order chi connectivity index (χ0) is 12.4. The summed E-state index contributed by atoms with van der Waals surface area (Å²) in [6, 6.07) is 8.68. The maximum Gasteiger partial charge on any atom is 0.0412 e. The second kappa shape index (κ2) is 4.69. The first-order valence-corrected chi connectivity index (χ1v) is 6.88. The van der Waals surface area contributed by atoms with Gasteiger partial charge in [0.2, 0.25) is 0 Å². The predicted octanol–water partition coefficient (Wildman–Crippen LogP) is 3.61. The van der Waals surface area contributed by atoms with Gasteiger partial charge in [-0.15, -0.1) is 0 Å². The summed E-state index contributed by atoms with van der Waals surface area (Å²) in [6.45, 7) is 3.45. The molecule has 3 rings (SSSR count). The highest BCUT2D eigenvalue weighted by Gasteiger charge is 2.28. The molecule has 1 fully saturated rings. The molecule has 2 aromatic rings. The normalized spacial score (nSPS) is 24.9. The molecule has 0 bridgehead atoms. The van der Waals surface area contributed by atoms with Gasteiger partial charge in [-0.25, -0.2) is 0 Å². The van der Waals surface area contributed by atoms with Crippen molar-refractivity contribution >= 4 is 10.8 Å². The van der Waals surface area contributed by atoms with E-state index in [-0.39, 0.29) is 5.54 Å². The Bertz CT molecular complexity index is 534. The summed E-state index contributed by atoms with van der Waals surface area (Å²) >= 11 is 0. The number of aromatic nitrogens is 1. The first-order valence-electron chi connectivity index (χ1n) is 6.88. The topological polar surface area (TPSA) is 24.9 Å². The quantitative estimate of drug-likeness (QED) is 0.823. The van der Waals surface area contributed by atoms with Crippen LogP contribution in [0.2, 0.25) is 0 Å². The molecule has 2 heterocycles. The van der Waals surface area contributed by atoms with Crippen molar-refractivity contribution in [1.29, 1.82) is 0 Å². The van der Waals surface area contributed by atoms with Gasteiger partial charge in [-0.2, -0.15) is 0 Å². The second-order valence-corrected chi connectivity index (χ2v) is 5.47. The van der Waals surface area contributed by atoms with E-state index in [0.717, 1.165) is 6.54 Å². The number of nitrogens with zero attached hydrogens (tertiary/aromatic N) is 1. The number of nitrogens with one attached hydrogen (secondary N) is 1. The Balaban J connectivity index is 2.12. The molecule has 1 aliphatic rings. The van der Waals surface area contributed by atoms with Gasteiger partial charge in [0.15, 0.2) is 0 Å². The molecule has 2 heteroatoms. The number of benzene rings is 1. The number of pyridine rings is 1. The fourth-order valence-electron chi connectivity index (χ4n) is 3.06. The molecule has 18 heavy (non-hydrogen) atoms. The van der Waals surface area contributed by atoms with E-state index in [4.69, 9.17) is 0 Å². The van der Waals surface area contributed by atoms with Crippen LogP contribution in [0.15, 0.2) is 36.7 Å².